The van der Waals surface area contributed by atoms with Crippen LogP contribution in [0.15, 0.2) is 29.3 Å². The van der Waals surface area contributed by atoms with Crippen molar-refractivity contribution in [3.05, 3.63) is 29.8 Å². The van der Waals surface area contributed by atoms with Crippen molar-refractivity contribution >= 4 is 29.9 Å². The van der Waals surface area contributed by atoms with E-state index in [9.17, 15) is 0 Å². The second-order valence-electron chi connectivity index (χ2n) is 8.51. The maximum Gasteiger partial charge on any atom is 0.191 e. The van der Waals surface area contributed by atoms with Crippen LogP contribution in [0.25, 0.3) is 0 Å². The van der Waals surface area contributed by atoms with E-state index in [0.29, 0.717) is 6.04 Å². The van der Waals surface area contributed by atoms with Crippen molar-refractivity contribution in [2.45, 2.75) is 64.6 Å². The van der Waals surface area contributed by atoms with Crippen molar-refractivity contribution in [2.75, 3.05) is 46.4 Å². The highest BCUT2D eigenvalue weighted by Gasteiger charge is 2.30. The Balaban J connectivity index is 0.00000341. The molecule has 7 heteroatoms. The highest BCUT2D eigenvalue weighted by atomic mass is 127. The van der Waals surface area contributed by atoms with Gasteiger partial charge in [-0.05, 0) is 50.0 Å². The quantitative estimate of drug-likeness (QED) is 0.268. The number of nitrogens with zero attached hydrogens (tertiary/aromatic N) is 3. The molecule has 1 saturated carbocycles. The van der Waals surface area contributed by atoms with E-state index in [-0.39, 0.29) is 24.0 Å². The van der Waals surface area contributed by atoms with Gasteiger partial charge in [0.2, 0.25) is 0 Å². The standard InChI is InChI=1S/C24H41N5O.HI/c1-4-28(5-2)16-17-30-23-12-10-20(11-13-23)18-26-24(25-3)27-21-14-15-29(19-21)22-8-6-7-9-22;/h10-13,21-22H,4-9,14-19H2,1-3H3,(H2,25,26,27);1H. The van der Waals surface area contributed by atoms with Gasteiger partial charge in [-0.3, -0.25) is 9.89 Å². The third-order valence-electron chi connectivity index (χ3n) is 6.58. The van der Waals surface area contributed by atoms with Gasteiger partial charge in [0.25, 0.3) is 0 Å². The number of hydrogen-bond donors (Lipinski definition) is 2. The molecule has 6 nitrogen and oxygen atoms in total. The number of rotatable bonds is 10. The molecule has 3 rings (SSSR count). The topological polar surface area (TPSA) is 52.1 Å². The molecule has 31 heavy (non-hydrogen) atoms. The first-order chi connectivity index (χ1) is 14.7. The van der Waals surface area contributed by atoms with Crippen molar-refractivity contribution in [3.8, 4) is 5.75 Å². The van der Waals surface area contributed by atoms with Gasteiger partial charge in [0, 0.05) is 45.3 Å². The predicted octanol–water partition coefficient (Wildman–Crippen LogP) is 3.71. The molecule has 1 aromatic rings. The molecule has 176 valence electrons. The average Bonchev–Trinajstić information content (AvgIpc) is 3.47. The van der Waals surface area contributed by atoms with Gasteiger partial charge < -0.3 is 20.3 Å². The minimum atomic E-state index is 0. The van der Waals surface area contributed by atoms with Gasteiger partial charge in [0.15, 0.2) is 5.96 Å². The number of ether oxygens (including phenoxy) is 1. The zero-order valence-electron chi connectivity index (χ0n) is 19.6. The summed E-state index contributed by atoms with van der Waals surface area (Å²) in [6.45, 7) is 11.3. The number of likely N-dealkylation sites (N-methyl/N-ethyl adjacent to an activating group) is 1. The molecular weight excluding hydrogens is 501 g/mol. The van der Waals surface area contributed by atoms with E-state index < -0.39 is 0 Å². The first kappa shape index (κ1) is 26.2. The Hall–Kier alpha value is -1.06. The molecular formula is C24H42IN5O. The van der Waals surface area contributed by atoms with E-state index in [1.54, 1.807) is 0 Å². The zero-order valence-corrected chi connectivity index (χ0v) is 21.9. The van der Waals surface area contributed by atoms with E-state index in [0.717, 1.165) is 57.1 Å². The molecule has 0 radical (unpaired) electrons. The predicted molar refractivity (Wildman–Crippen MR) is 141 cm³/mol. The lowest BCUT2D eigenvalue weighted by molar-refractivity contribution is 0.223. The summed E-state index contributed by atoms with van der Waals surface area (Å²) >= 11 is 0. The number of benzene rings is 1. The molecule has 0 bridgehead atoms. The highest BCUT2D eigenvalue weighted by Crippen LogP contribution is 2.26. The molecule has 1 heterocycles. The van der Waals surface area contributed by atoms with Crippen LogP contribution in [0.1, 0.15) is 51.5 Å². The largest absolute Gasteiger partial charge is 0.492 e. The summed E-state index contributed by atoms with van der Waals surface area (Å²) in [5, 5.41) is 7.08. The summed E-state index contributed by atoms with van der Waals surface area (Å²) < 4.78 is 5.88. The van der Waals surface area contributed by atoms with Crippen molar-refractivity contribution in [3.63, 3.8) is 0 Å². The second-order valence-corrected chi connectivity index (χ2v) is 8.51. The Kier molecular flexibility index (Phi) is 12.0. The Morgan fingerprint density at radius 3 is 2.48 bits per heavy atom. The Labute approximate surface area is 206 Å². The zero-order chi connectivity index (χ0) is 21.2. The van der Waals surface area contributed by atoms with E-state index in [1.165, 1.54) is 44.2 Å². The summed E-state index contributed by atoms with van der Waals surface area (Å²) in [6, 6.07) is 9.70. The van der Waals surface area contributed by atoms with Gasteiger partial charge in [-0.15, -0.1) is 24.0 Å². The third-order valence-corrected chi connectivity index (χ3v) is 6.58. The molecule has 2 aliphatic rings. The fourth-order valence-electron chi connectivity index (χ4n) is 4.62. The maximum absolute atomic E-state index is 5.88. The van der Waals surface area contributed by atoms with Gasteiger partial charge in [0.05, 0.1) is 0 Å². The monoisotopic (exact) mass is 543 g/mol. The van der Waals surface area contributed by atoms with Crippen molar-refractivity contribution in [2.24, 2.45) is 4.99 Å². The van der Waals surface area contributed by atoms with Crippen LogP contribution in [-0.4, -0.2) is 74.2 Å². The lowest BCUT2D eigenvalue weighted by Crippen LogP contribution is -2.45. The minimum Gasteiger partial charge on any atom is -0.492 e. The van der Waals surface area contributed by atoms with E-state index >= 15 is 0 Å². The smallest absolute Gasteiger partial charge is 0.191 e. The van der Waals surface area contributed by atoms with Gasteiger partial charge >= 0.3 is 0 Å². The van der Waals surface area contributed by atoms with Gasteiger partial charge in [-0.2, -0.15) is 0 Å². The van der Waals surface area contributed by atoms with Crippen LogP contribution in [0.5, 0.6) is 5.75 Å². The van der Waals surface area contributed by atoms with Crippen LogP contribution in [0, 0.1) is 0 Å². The first-order valence-electron chi connectivity index (χ1n) is 11.9. The molecule has 0 aromatic heterocycles. The summed E-state index contributed by atoms with van der Waals surface area (Å²) in [6.07, 6.45) is 6.78. The van der Waals surface area contributed by atoms with Gasteiger partial charge in [0.1, 0.15) is 12.4 Å². The molecule has 2 N–H and O–H groups in total. The van der Waals surface area contributed by atoms with Crippen molar-refractivity contribution in [1.82, 2.24) is 20.4 Å². The maximum atomic E-state index is 5.88. The molecule has 1 aliphatic carbocycles. The fraction of sp³-hybridized carbons (Fsp3) is 0.708. The summed E-state index contributed by atoms with van der Waals surface area (Å²) in [5.74, 6) is 1.83. The van der Waals surface area contributed by atoms with E-state index in [1.807, 2.05) is 7.05 Å². The van der Waals surface area contributed by atoms with Crippen molar-refractivity contribution < 1.29 is 4.74 Å². The number of likely N-dealkylation sites (tertiary alicyclic amines) is 1. The normalized spacial score (nSPS) is 20.1. The Morgan fingerprint density at radius 1 is 1.13 bits per heavy atom. The molecule has 0 spiro atoms. The first-order valence-corrected chi connectivity index (χ1v) is 11.9. The van der Waals surface area contributed by atoms with Crippen LogP contribution >= 0.6 is 24.0 Å². The fourth-order valence-corrected chi connectivity index (χ4v) is 4.62. The lowest BCUT2D eigenvalue weighted by Gasteiger charge is -2.24. The lowest BCUT2D eigenvalue weighted by atomic mass is 10.2. The van der Waals surface area contributed by atoms with Crippen LogP contribution in [-0.2, 0) is 6.54 Å². The average molecular weight is 544 g/mol. The summed E-state index contributed by atoms with van der Waals surface area (Å²) in [5.41, 5.74) is 1.23. The summed E-state index contributed by atoms with van der Waals surface area (Å²) in [4.78, 5) is 9.47. The van der Waals surface area contributed by atoms with E-state index in [2.05, 4.69) is 63.5 Å². The van der Waals surface area contributed by atoms with Crippen LogP contribution < -0.4 is 15.4 Å². The number of guanidine groups is 1. The molecule has 1 saturated heterocycles. The van der Waals surface area contributed by atoms with Crippen LogP contribution in [0.2, 0.25) is 0 Å². The van der Waals surface area contributed by atoms with Crippen molar-refractivity contribution in [1.29, 1.82) is 0 Å². The number of hydrogen-bond acceptors (Lipinski definition) is 4. The van der Waals surface area contributed by atoms with E-state index in [4.69, 9.17) is 4.74 Å². The number of halogens is 1. The Bertz CT molecular complexity index is 644. The molecule has 1 unspecified atom stereocenters. The summed E-state index contributed by atoms with van der Waals surface area (Å²) in [7, 11) is 1.85. The second kappa shape index (κ2) is 14.2. The number of aliphatic imine (C=N–C) groups is 1. The minimum absolute atomic E-state index is 0. The SMILES string of the molecule is CCN(CC)CCOc1ccc(CNC(=NC)NC2CCN(C3CCCC3)C2)cc1.I. The van der Waals surface area contributed by atoms with Crippen LogP contribution in [0.3, 0.4) is 0 Å². The molecule has 2 fully saturated rings. The molecule has 1 aliphatic heterocycles. The molecule has 1 aromatic carbocycles. The van der Waals surface area contributed by atoms with Crippen LogP contribution in [0.4, 0.5) is 0 Å². The molecule has 0 amide bonds. The molecule has 1 atom stereocenters. The Morgan fingerprint density at radius 2 is 1.84 bits per heavy atom. The number of nitrogens with one attached hydrogen (secondary N) is 2. The highest BCUT2D eigenvalue weighted by molar-refractivity contribution is 14.0. The van der Waals surface area contributed by atoms with Gasteiger partial charge in [-0.25, -0.2) is 0 Å². The van der Waals surface area contributed by atoms with Gasteiger partial charge in [-0.1, -0.05) is 38.8 Å². The third kappa shape index (κ3) is 8.42.